The van der Waals surface area contributed by atoms with Crippen LogP contribution >= 0.6 is 0 Å². The Hall–Kier alpha value is -2.66. The molecule has 2 aromatic rings. The summed E-state index contributed by atoms with van der Waals surface area (Å²) in [5.41, 5.74) is 0.908. The number of likely N-dealkylation sites (tertiary alicyclic amines) is 1. The van der Waals surface area contributed by atoms with Crippen molar-refractivity contribution in [3.05, 3.63) is 71.8 Å². The van der Waals surface area contributed by atoms with Crippen LogP contribution in [0.25, 0.3) is 0 Å². The number of carbonyl (C=O) groups is 2. The van der Waals surface area contributed by atoms with E-state index in [0.717, 1.165) is 17.5 Å². The predicted octanol–water partition coefficient (Wildman–Crippen LogP) is 2.98. The first kappa shape index (κ1) is 19.1. The van der Waals surface area contributed by atoms with Gasteiger partial charge in [0.05, 0.1) is 26.7 Å². The third-order valence-electron chi connectivity index (χ3n) is 5.01. The molecule has 0 aromatic heterocycles. The molecule has 1 atom stereocenters. The minimum Gasteiger partial charge on any atom is -0.467 e. The third kappa shape index (κ3) is 4.37. The smallest absolute Gasteiger partial charge is 0.334 e. The average Bonchev–Trinajstić information content (AvgIpc) is 3.14. The second-order valence-corrected chi connectivity index (χ2v) is 6.81. The van der Waals surface area contributed by atoms with Crippen molar-refractivity contribution in [2.45, 2.75) is 31.4 Å². The first-order chi connectivity index (χ1) is 13.2. The molecule has 0 radical (unpaired) electrons. The van der Waals surface area contributed by atoms with Crippen LogP contribution in [0.3, 0.4) is 0 Å². The van der Waals surface area contributed by atoms with E-state index in [-0.39, 0.29) is 18.9 Å². The lowest BCUT2D eigenvalue weighted by Crippen LogP contribution is -2.57. The van der Waals surface area contributed by atoms with Gasteiger partial charge in [0.1, 0.15) is 0 Å². The fourth-order valence-electron chi connectivity index (χ4n) is 3.63. The summed E-state index contributed by atoms with van der Waals surface area (Å²) in [4.78, 5) is 27.2. The van der Waals surface area contributed by atoms with Crippen LogP contribution < -0.4 is 0 Å². The molecule has 142 valence electrons. The molecule has 1 amide bonds. The molecule has 1 aliphatic rings. The highest BCUT2D eigenvalue weighted by molar-refractivity contribution is 5.89. The van der Waals surface area contributed by atoms with Gasteiger partial charge in [0, 0.05) is 6.54 Å². The standard InChI is InChI=1S/C22H25NO4/c1-26-21(25)22(17-27-16-19-11-6-3-7-12-19)13-8-14-23(22)20(24)15-18-9-4-2-5-10-18/h2-7,9-12H,8,13-17H2,1H3/t22-/m1/s1. The molecule has 1 heterocycles. The maximum Gasteiger partial charge on any atom is 0.334 e. The van der Waals surface area contributed by atoms with E-state index in [1.54, 1.807) is 4.90 Å². The van der Waals surface area contributed by atoms with E-state index in [4.69, 9.17) is 9.47 Å². The van der Waals surface area contributed by atoms with Crippen LogP contribution in [0.2, 0.25) is 0 Å². The van der Waals surface area contributed by atoms with Crippen molar-refractivity contribution in [3.63, 3.8) is 0 Å². The van der Waals surface area contributed by atoms with Gasteiger partial charge in [-0.15, -0.1) is 0 Å². The molecule has 1 fully saturated rings. The summed E-state index contributed by atoms with van der Waals surface area (Å²) in [6, 6.07) is 19.3. The van der Waals surface area contributed by atoms with Gasteiger partial charge in [-0.2, -0.15) is 0 Å². The van der Waals surface area contributed by atoms with E-state index in [9.17, 15) is 9.59 Å². The number of methoxy groups -OCH3 is 1. The largest absolute Gasteiger partial charge is 0.467 e. The molecule has 0 unspecified atom stereocenters. The molecule has 0 bridgehead atoms. The van der Waals surface area contributed by atoms with Gasteiger partial charge in [-0.3, -0.25) is 4.79 Å². The van der Waals surface area contributed by atoms with Gasteiger partial charge < -0.3 is 14.4 Å². The lowest BCUT2D eigenvalue weighted by atomic mass is 9.96. The zero-order valence-corrected chi connectivity index (χ0v) is 15.6. The number of nitrogens with zero attached hydrogens (tertiary/aromatic N) is 1. The summed E-state index contributed by atoms with van der Waals surface area (Å²) >= 11 is 0. The SMILES string of the molecule is COC(=O)[C@]1(COCc2ccccc2)CCCN1C(=O)Cc1ccccc1. The van der Waals surface area contributed by atoms with E-state index in [2.05, 4.69) is 0 Å². The first-order valence-electron chi connectivity index (χ1n) is 9.20. The van der Waals surface area contributed by atoms with Crippen molar-refractivity contribution < 1.29 is 19.1 Å². The summed E-state index contributed by atoms with van der Waals surface area (Å²) in [5.74, 6) is -0.484. The number of esters is 1. The van der Waals surface area contributed by atoms with Crippen LogP contribution in [0.1, 0.15) is 24.0 Å². The van der Waals surface area contributed by atoms with Crippen molar-refractivity contribution in [1.29, 1.82) is 0 Å². The van der Waals surface area contributed by atoms with Crippen molar-refractivity contribution in [2.75, 3.05) is 20.3 Å². The van der Waals surface area contributed by atoms with Crippen LogP contribution in [0, 0.1) is 0 Å². The second kappa shape index (κ2) is 8.82. The Bertz CT molecular complexity index is 762. The summed E-state index contributed by atoms with van der Waals surface area (Å²) in [6.45, 7) is 1.06. The minimum atomic E-state index is -1.05. The fourth-order valence-corrected chi connectivity index (χ4v) is 3.63. The fraction of sp³-hybridized carbons (Fsp3) is 0.364. The number of hydrogen-bond acceptors (Lipinski definition) is 4. The number of ether oxygens (including phenoxy) is 2. The van der Waals surface area contributed by atoms with Crippen LogP contribution in [-0.2, 0) is 32.1 Å². The van der Waals surface area contributed by atoms with Crippen molar-refractivity contribution >= 4 is 11.9 Å². The molecule has 1 saturated heterocycles. The highest BCUT2D eigenvalue weighted by Crippen LogP contribution is 2.32. The Morgan fingerprint density at radius 2 is 1.63 bits per heavy atom. The number of amides is 1. The van der Waals surface area contributed by atoms with Gasteiger partial charge in [0.15, 0.2) is 5.54 Å². The zero-order chi connectivity index (χ0) is 19.1. The van der Waals surface area contributed by atoms with Gasteiger partial charge in [-0.1, -0.05) is 60.7 Å². The molecule has 0 saturated carbocycles. The lowest BCUT2D eigenvalue weighted by molar-refractivity contribution is -0.164. The van der Waals surface area contributed by atoms with Crippen LogP contribution in [-0.4, -0.2) is 42.6 Å². The van der Waals surface area contributed by atoms with Crippen LogP contribution in [0.5, 0.6) is 0 Å². The Morgan fingerprint density at radius 3 is 2.26 bits per heavy atom. The molecule has 5 nitrogen and oxygen atoms in total. The Balaban J connectivity index is 1.72. The highest BCUT2D eigenvalue weighted by atomic mass is 16.5. The van der Waals surface area contributed by atoms with Gasteiger partial charge in [0.25, 0.3) is 0 Å². The lowest BCUT2D eigenvalue weighted by Gasteiger charge is -2.35. The monoisotopic (exact) mass is 367 g/mol. The maximum absolute atomic E-state index is 12.9. The predicted molar refractivity (Wildman–Crippen MR) is 102 cm³/mol. The van der Waals surface area contributed by atoms with E-state index in [0.29, 0.717) is 19.6 Å². The topological polar surface area (TPSA) is 55.8 Å². The zero-order valence-electron chi connectivity index (χ0n) is 15.6. The number of hydrogen-bond donors (Lipinski definition) is 0. The van der Waals surface area contributed by atoms with Crippen molar-refractivity contribution in [3.8, 4) is 0 Å². The number of benzene rings is 2. The maximum atomic E-state index is 12.9. The highest BCUT2D eigenvalue weighted by Gasteiger charge is 2.50. The Labute approximate surface area is 159 Å². The molecule has 3 rings (SSSR count). The van der Waals surface area contributed by atoms with E-state index in [1.165, 1.54) is 7.11 Å². The Kier molecular flexibility index (Phi) is 6.24. The molecule has 0 spiro atoms. The summed E-state index contributed by atoms with van der Waals surface area (Å²) in [7, 11) is 1.36. The molecule has 5 heteroatoms. The van der Waals surface area contributed by atoms with E-state index < -0.39 is 11.5 Å². The summed E-state index contributed by atoms with van der Waals surface area (Å²) in [5, 5.41) is 0. The van der Waals surface area contributed by atoms with Gasteiger partial charge >= 0.3 is 5.97 Å². The number of carbonyl (C=O) groups excluding carboxylic acids is 2. The Morgan fingerprint density at radius 1 is 1.00 bits per heavy atom. The number of rotatable bonds is 7. The summed E-state index contributed by atoms with van der Waals surface area (Å²) < 4.78 is 10.9. The summed E-state index contributed by atoms with van der Waals surface area (Å²) in [6.07, 6.45) is 1.57. The minimum absolute atomic E-state index is 0.0765. The van der Waals surface area contributed by atoms with Gasteiger partial charge in [-0.25, -0.2) is 4.79 Å². The molecule has 0 aliphatic carbocycles. The first-order valence-corrected chi connectivity index (χ1v) is 9.20. The van der Waals surface area contributed by atoms with Crippen molar-refractivity contribution in [1.82, 2.24) is 4.90 Å². The quantitative estimate of drug-likeness (QED) is 0.706. The van der Waals surface area contributed by atoms with Gasteiger partial charge in [-0.05, 0) is 24.0 Å². The molecular weight excluding hydrogens is 342 g/mol. The normalized spacial score (nSPS) is 19.1. The van der Waals surface area contributed by atoms with E-state index >= 15 is 0 Å². The molecule has 0 N–H and O–H groups in total. The van der Waals surface area contributed by atoms with Crippen molar-refractivity contribution in [2.24, 2.45) is 0 Å². The average molecular weight is 367 g/mol. The molecular formula is C22H25NO4. The molecule has 1 aliphatic heterocycles. The third-order valence-corrected chi connectivity index (χ3v) is 5.01. The van der Waals surface area contributed by atoms with Crippen LogP contribution in [0.15, 0.2) is 60.7 Å². The van der Waals surface area contributed by atoms with Gasteiger partial charge in [0.2, 0.25) is 5.91 Å². The molecule has 2 aromatic carbocycles. The van der Waals surface area contributed by atoms with Crippen LogP contribution in [0.4, 0.5) is 0 Å². The second-order valence-electron chi connectivity index (χ2n) is 6.81. The van der Waals surface area contributed by atoms with E-state index in [1.807, 2.05) is 60.7 Å². The molecule has 27 heavy (non-hydrogen) atoms.